The second-order valence-corrected chi connectivity index (χ2v) is 7.75. The fourth-order valence-electron chi connectivity index (χ4n) is 3.76. The summed E-state index contributed by atoms with van der Waals surface area (Å²) in [5.74, 6) is 0.423. The Balaban J connectivity index is 1.81. The lowest BCUT2D eigenvalue weighted by atomic mass is 9.95. The van der Waals surface area contributed by atoms with Gasteiger partial charge in [-0.2, -0.15) is 0 Å². The van der Waals surface area contributed by atoms with E-state index in [4.69, 9.17) is 0 Å². The Morgan fingerprint density at radius 2 is 1.80 bits per heavy atom. The van der Waals surface area contributed by atoms with Gasteiger partial charge in [-0.05, 0) is 30.5 Å². The SMILES string of the molecule is O=C1CS[C@H](c2ccc(F)cc2)c2c(n(C3CCCCC3)[nH]c2=O)N1. The molecule has 2 aliphatic rings. The van der Waals surface area contributed by atoms with E-state index in [1.807, 2.05) is 4.68 Å². The summed E-state index contributed by atoms with van der Waals surface area (Å²) in [6.07, 6.45) is 5.47. The van der Waals surface area contributed by atoms with E-state index in [0.29, 0.717) is 11.4 Å². The van der Waals surface area contributed by atoms with Crippen molar-refractivity contribution in [3.63, 3.8) is 0 Å². The van der Waals surface area contributed by atoms with Gasteiger partial charge in [0.1, 0.15) is 11.6 Å². The van der Waals surface area contributed by atoms with Crippen molar-refractivity contribution in [1.29, 1.82) is 0 Å². The highest BCUT2D eigenvalue weighted by Crippen LogP contribution is 2.41. The maximum Gasteiger partial charge on any atom is 0.270 e. The zero-order valence-corrected chi connectivity index (χ0v) is 14.6. The third-order valence-corrected chi connectivity index (χ3v) is 6.25. The summed E-state index contributed by atoms with van der Waals surface area (Å²) in [7, 11) is 0. The quantitative estimate of drug-likeness (QED) is 0.859. The van der Waals surface area contributed by atoms with E-state index < -0.39 is 0 Å². The molecule has 4 rings (SSSR count). The van der Waals surface area contributed by atoms with Crippen LogP contribution in [0.1, 0.15) is 54.5 Å². The number of amides is 1. The molecule has 1 atom stereocenters. The molecule has 0 saturated heterocycles. The van der Waals surface area contributed by atoms with Crippen molar-refractivity contribution >= 4 is 23.5 Å². The molecule has 25 heavy (non-hydrogen) atoms. The third kappa shape index (κ3) is 3.13. The van der Waals surface area contributed by atoms with Gasteiger partial charge in [0.05, 0.1) is 22.6 Å². The van der Waals surface area contributed by atoms with Crippen LogP contribution >= 0.6 is 11.8 Å². The number of anilines is 1. The number of nitrogens with one attached hydrogen (secondary N) is 2. The summed E-state index contributed by atoms with van der Waals surface area (Å²) in [4.78, 5) is 24.9. The van der Waals surface area contributed by atoms with Crippen LogP contribution in [-0.2, 0) is 4.79 Å². The normalized spacial score (nSPS) is 21.5. The number of carbonyl (C=O) groups is 1. The molecular formula is C18H20FN3O2S. The molecular weight excluding hydrogens is 341 g/mol. The molecule has 132 valence electrons. The van der Waals surface area contributed by atoms with Crippen LogP contribution in [-0.4, -0.2) is 21.4 Å². The number of aromatic amines is 1. The average Bonchev–Trinajstić information content (AvgIpc) is 2.83. The lowest BCUT2D eigenvalue weighted by Crippen LogP contribution is -2.21. The standard InChI is InChI=1S/C18H20FN3O2S/c19-12-8-6-11(7-9-12)16-15-17(20-14(23)10-25-16)22(21-18(15)24)13-4-2-1-3-5-13/h6-9,13,16H,1-5,10H2,(H,20,23)(H,21,24)/t16-/m1/s1. The van der Waals surface area contributed by atoms with E-state index in [0.717, 1.165) is 31.2 Å². The highest BCUT2D eigenvalue weighted by molar-refractivity contribution is 8.00. The van der Waals surface area contributed by atoms with Crippen LogP contribution in [0, 0.1) is 5.82 Å². The van der Waals surface area contributed by atoms with E-state index in [-0.39, 0.29) is 34.3 Å². The van der Waals surface area contributed by atoms with Crippen LogP contribution in [0.4, 0.5) is 10.2 Å². The van der Waals surface area contributed by atoms with E-state index in [2.05, 4.69) is 10.4 Å². The maximum absolute atomic E-state index is 13.3. The van der Waals surface area contributed by atoms with Crippen LogP contribution < -0.4 is 10.9 Å². The number of halogens is 1. The zero-order valence-electron chi connectivity index (χ0n) is 13.8. The summed E-state index contributed by atoms with van der Waals surface area (Å²) >= 11 is 1.40. The predicted molar refractivity (Wildman–Crippen MR) is 96.5 cm³/mol. The second-order valence-electron chi connectivity index (χ2n) is 6.66. The van der Waals surface area contributed by atoms with Gasteiger partial charge in [-0.25, -0.2) is 4.39 Å². The molecule has 0 unspecified atom stereocenters. The van der Waals surface area contributed by atoms with Gasteiger partial charge in [-0.3, -0.25) is 19.4 Å². The van der Waals surface area contributed by atoms with Gasteiger partial charge in [0.25, 0.3) is 5.56 Å². The van der Waals surface area contributed by atoms with Crippen molar-refractivity contribution < 1.29 is 9.18 Å². The highest BCUT2D eigenvalue weighted by Gasteiger charge is 2.32. The smallest absolute Gasteiger partial charge is 0.270 e. The summed E-state index contributed by atoms with van der Waals surface area (Å²) in [6, 6.07) is 6.36. The van der Waals surface area contributed by atoms with E-state index in [9.17, 15) is 14.0 Å². The summed E-state index contributed by atoms with van der Waals surface area (Å²) in [5, 5.41) is 5.57. The molecule has 0 bridgehead atoms. The Bertz CT molecular complexity index is 837. The average molecular weight is 361 g/mol. The Morgan fingerprint density at radius 3 is 2.52 bits per heavy atom. The van der Waals surface area contributed by atoms with E-state index in [1.165, 1.54) is 30.3 Å². The molecule has 1 aliphatic heterocycles. The first kappa shape index (κ1) is 16.4. The Morgan fingerprint density at radius 1 is 1.08 bits per heavy atom. The molecule has 0 radical (unpaired) electrons. The van der Waals surface area contributed by atoms with Crippen LogP contribution in [0.3, 0.4) is 0 Å². The first-order valence-corrected chi connectivity index (χ1v) is 9.69. The highest BCUT2D eigenvalue weighted by atomic mass is 32.2. The number of fused-ring (bicyclic) bond motifs is 1. The number of hydrogen-bond acceptors (Lipinski definition) is 3. The topological polar surface area (TPSA) is 66.9 Å². The maximum atomic E-state index is 13.3. The van der Waals surface area contributed by atoms with Crippen LogP contribution in [0.15, 0.2) is 29.1 Å². The Labute approximate surface area is 149 Å². The summed E-state index contributed by atoms with van der Waals surface area (Å²) in [5.41, 5.74) is 1.22. The lowest BCUT2D eigenvalue weighted by Gasteiger charge is -2.24. The van der Waals surface area contributed by atoms with Gasteiger partial charge >= 0.3 is 0 Å². The molecule has 5 nitrogen and oxygen atoms in total. The minimum atomic E-state index is -0.314. The van der Waals surface area contributed by atoms with Crippen molar-refractivity contribution in [2.45, 2.75) is 43.4 Å². The summed E-state index contributed by atoms with van der Waals surface area (Å²) < 4.78 is 15.1. The minimum Gasteiger partial charge on any atom is -0.310 e. The van der Waals surface area contributed by atoms with Gasteiger partial charge in [0.15, 0.2) is 0 Å². The number of benzene rings is 1. The van der Waals surface area contributed by atoms with E-state index in [1.54, 1.807) is 12.1 Å². The minimum absolute atomic E-state index is 0.112. The van der Waals surface area contributed by atoms with Gasteiger partial charge in [0.2, 0.25) is 5.91 Å². The van der Waals surface area contributed by atoms with Gasteiger partial charge in [-0.1, -0.05) is 31.4 Å². The van der Waals surface area contributed by atoms with Crippen molar-refractivity contribution in [3.05, 3.63) is 51.6 Å². The molecule has 2 aromatic rings. The fraction of sp³-hybridized carbons (Fsp3) is 0.444. The number of nitrogens with zero attached hydrogens (tertiary/aromatic N) is 1. The molecule has 1 aromatic heterocycles. The number of thioether (sulfide) groups is 1. The summed E-state index contributed by atoms with van der Waals surface area (Å²) in [6.45, 7) is 0. The van der Waals surface area contributed by atoms with Crippen molar-refractivity contribution in [2.24, 2.45) is 0 Å². The Hall–Kier alpha value is -2.02. The molecule has 1 amide bonds. The van der Waals surface area contributed by atoms with Crippen molar-refractivity contribution in [1.82, 2.24) is 9.78 Å². The second kappa shape index (κ2) is 6.71. The number of rotatable bonds is 2. The first-order chi connectivity index (χ1) is 12.1. The fourth-order valence-corrected chi connectivity index (χ4v) is 4.88. The number of H-pyrrole nitrogens is 1. The number of carbonyl (C=O) groups excluding carboxylic acids is 1. The van der Waals surface area contributed by atoms with E-state index >= 15 is 0 Å². The molecule has 1 aliphatic carbocycles. The number of aromatic nitrogens is 2. The van der Waals surface area contributed by atoms with Crippen molar-refractivity contribution in [3.8, 4) is 0 Å². The number of hydrogen-bond donors (Lipinski definition) is 2. The van der Waals surface area contributed by atoms with Gasteiger partial charge in [0, 0.05) is 0 Å². The first-order valence-electron chi connectivity index (χ1n) is 8.65. The molecule has 1 aromatic carbocycles. The molecule has 7 heteroatoms. The van der Waals surface area contributed by atoms with Crippen LogP contribution in [0.5, 0.6) is 0 Å². The molecule has 0 spiro atoms. The molecule has 1 fully saturated rings. The van der Waals surface area contributed by atoms with Gasteiger partial charge < -0.3 is 5.32 Å². The predicted octanol–water partition coefficient (Wildman–Crippen LogP) is 3.60. The largest absolute Gasteiger partial charge is 0.310 e. The lowest BCUT2D eigenvalue weighted by molar-refractivity contribution is -0.113. The van der Waals surface area contributed by atoms with Gasteiger partial charge in [-0.15, -0.1) is 11.8 Å². The zero-order chi connectivity index (χ0) is 17.4. The molecule has 2 heterocycles. The third-order valence-electron chi connectivity index (χ3n) is 4.98. The molecule has 1 saturated carbocycles. The van der Waals surface area contributed by atoms with Crippen molar-refractivity contribution in [2.75, 3.05) is 11.1 Å². The molecule has 2 N–H and O–H groups in total. The monoisotopic (exact) mass is 361 g/mol. The Kier molecular flexibility index (Phi) is 4.41. The van der Waals surface area contributed by atoms with Crippen LogP contribution in [0.25, 0.3) is 0 Å². The van der Waals surface area contributed by atoms with Crippen LogP contribution in [0.2, 0.25) is 0 Å².